The molecule has 0 unspecified atom stereocenters. The Balaban J connectivity index is 1.59. The summed E-state index contributed by atoms with van der Waals surface area (Å²) in [7, 11) is 1.56. The van der Waals surface area contributed by atoms with Crippen LogP contribution in [0.4, 0.5) is 5.69 Å². The zero-order chi connectivity index (χ0) is 30.4. The number of hydrogen-bond acceptors (Lipinski definition) is 8. The van der Waals surface area contributed by atoms with Gasteiger partial charge in [0.1, 0.15) is 23.5 Å². The van der Waals surface area contributed by atoms with Crippen LogP contribution in [0.15, 0.2) is 49.6 Å². The predicted octanol–water partition coefficient (Wildman–Crippen LogP) is 1.99. The number of carbonyl (C=O) groups is 4. The van der Waals surface area contributed by atoms with Gasteiger partial charge in [0.2, 0.25) is 11.8 Å². The van der Waals surface area contributed by atoms with Gasteiger partial charge in [0.05, 0.1) is 31.6 Å². The number of ether oxygens (including phenoxy) is 3. The van der Waals surface area contributed by atoms with E-state index >= 15 is 0 Å². The number of rotatable bonds is 15. The number of fused-ring (bicyclic) bond motifs is 1. The van der Waals surface area contributed by atoms with Gasteiger partial charge in [-0.2, -0.15) is 0 Å². The lowest BCUT2D eigenvalue weighted by Gasteiger charge is -2.36. The van der Waals surface area contributed by atoms with Crippen molar-refractivity contribution in [2.45, 2.75) is 62.9 Å². The highest BCUT2D eigenvalue weighted by molar-refractivity contribution is 6.04. The van der Waals surface area contributed by atoms with Gasteiger partial charge in [0.25, 0.3) is 5.91 Å². The molecule has 1 aromatic carbocycles. The summed E-state index contributed by atoms with van der Waals surface area (Å²) in [5.74, 6) is -2.60. The highest BCUT2D eigenvalue weighted by atomic mass is 16.6. The number of hydrogen-bond donors (Lipinski definition) is 2. The molecule has 0 radical (unpaired) electrons. The van der Waals surface area contributed by atoms with Crippen molar-refractivity contribution in [3.05, 3.63) is 49.6 Å². The first kappa shape index (κ1) is 31.2. The van der Waals surface area contributed by atoms with E-state index in [2.05, 4.69) is 18.5 Å². The first-order chi connectivity index (χ1) is 20.2. The second-order valence-electron chi connectivity index (χ2n) is 11.0. The maximum atomic E-state index is 14.4. The molecule has 228 valence electrons. The van der Waals surface area contributed by atoms with Crippen molar-refractivity contribution in [1.29, 1.82) is 0 Å². The molecule has 3 saturated heterocycles. The molecule has 2 N–H and O–H groups in total. The van der Waals surface area contributed by atoms with Crippen LogP contribution in [0.25, 0.3) is 0 Å². The number of benzene rings is 1. The number of aliphatic hydroxyl groups is 1. The molecule has 0 aliphatic carbocycles. The van der Waals surface area contributed by atoms with E-state index in [4.69, 9.17) is 14.2 Å². The van der Waals surface area contributed by atoms with Gasteiger partial charge in [-0.05, 0) is 56.9 Å². The molecule has 3 amide bonds. The Kier molecular flexibility index (Phi) is 10.1. The summed E-state index contributed by atoms with van der Waals surface area (Å²) in [5.41, 5.74) is -0.603. The number of nitrogens with one attached hydrogen (secondary N) is 1. The van der Waals surface area contributed by atoms with Gasteiger partial charge in [0.15, 0.2) is 0 Å². The SMILES string of the molecule is C=CCCC(=O)NC[C@@H](C)OC(=O)[C@@H]1[C@@H]2CC[C@]3(O2)[C@H](C(=O)N(CC=C)c2ccc(OC)cc2)N(CCCO)C(=O)[C@@H]13. The monoisotopic (exact) mass is 583 g/mol. The van der Waals surface area contributed by atoms with E-state index in [0.717, 1.165) is 0 Å². The molecule has 4 rings (SSSR count). The van der Waals surface area contributed by atoms with Crippen LogP contribution >= 0.6 is 0 Å². The Bertz CT molecular complexity index is 1190. The molecule has 1 aromatic rings. The van der Waals surface area contributed by atoms with Gasteiger partial charge in [-0.15, -0.1) is 13.2 Å². The summed E-state index contributed by atoms with van der Waals surface area (Å²) in [5, 5.41) is 12.3. The summed E-state index contributed by atoms with van der Waals surface area (Å²) in [6.45, 7) is 9.38. The molecular weight excluding hydrogens is 542 g/mol. The molecule has 1 spiro atoms. The summed E-state index contributed by atoms with van der Waals surface area (Å²) < 4.78 is 17.4. The molecule has 42 heavy (non-hydrogen) atoms. The number of carbonyl (C=O) groups excluding carboxylic acids is 4. The number of likely N-dealkylation sites (tertiary alicyclic amines) is 1. The lowest BCUT2D eigenvalue weighted by atomic mass is 9.70. The molecule has 0 aromatic heterocycles. The van der Waals surface area contributed by atoms with Crippen LogP contribution in [0.5, 0.6) is 5.75 Å². The number of nitrogens with zero attached hydrogens (tertiary/aromatic N) is 2. The van der Waals surface area contributed by atoms with Crippen molar-refractivity contribution in [3.8, 4) is 5.75 Å². The minimum atomic E-state index is -1.20. The Labute approximate surface area is 246 Å². The molecule has 2 bridgehead atoms. The highest BCUT2D eigenvalue weighted by Gasteiger charge is 2.75. The van der Waals surface area contributed by atoms with E-state index < -0.39 is 41.7 Å². The first-order valence-electron chi connectivity index (χ1n) is 14.5. The van der Waals surface area contributed by atoms with Gasteiger partial charge in [-0.25, -0.2) is 0 Å². The van der Waals surface area contributed by atoms with Gasteiger partial charge < -0.3 is 34.4 Å². The minimum absolute atomic E-state index is 0.131. The van der Waals surface area contributed by atoms with E-state index in [9.17, 15) is 24.3 Å². The van der Waals surface area contributed by atoms with E-state index in [1.165, 1.54) is 4.90 Å². The molecule has 3 heterocycles. The number of anilines is 1. The second-order valence-corrected chi connectivity index (χ2v) is 11.0. The zero-order valence-electron chi connectivity index (χ0n) is 24.3. The van der Waals surface area contributed by atoms with E-state index in [1.807, 2.05) is 0 Å². The topological polar surface area (TPSA) is 135 Å². The van der Waals surface area contributed by atoms with Crippen LogP contribution < -0.4 is 15.0 Å². The molecular formula is C31H41N3O8. The number of methoxy groups -OCH3 is 1. The quantitative estimate of drug-likeness (QED) is 0.237. The number of allylic oxidation sites excluding steroid dienone is 1. The highest BCUT2D eigenvalue weighted by Crippen LogP contribution is 2.59. The van der Waals surface area contributed by atoms with Crippen molar-refractivity contribution in [3.63, 3.8) is 0 Å². The van der Waals surface area contributed by atoms with Crippen molar-refractivity contribution in [1.82, 2.24) is 10.2 Å². The predicted molar refractivity (Wildman–Crippen MR) is 155 cm³/mol. The fraction of sp³-hybridized carbons (Fsp3) is 0.548. The standard InChI is InChI=1S/C31H41N3O8/c1-5-7-9-24(36)32-19-20(3)41-30(39)25-23-14-15-31(42-23)26(25)28(37)34(17-8-18-35)27(31)29(38)33(16-6-2)21-10-12-22(40-4)13-11-21/h5-6,10-13,20,23,25-27,35H,1-2,7-9,14-19H2,3-4H3,(H,32,36)/t20-,23+,25-,26-,27+,31-/m1/s1. The molecule has 3 aliphatic rings. The van der Waals surface area contributed by atoms with Crippen molar-refractivity contribution < 1.29 is 38.5 Å². The average Bonchev–Trinajstić information content (AvgIpc) is 3.63. The van der Waals surface area contributed by atoms with Crippen LogP contribution in [0.3, 0.4) is 0 Å². The fourth-order valence-corrected chi connectivity index (χ4v) is 6.44. The zero-order valence-corrected chi connectivity index (χ0v) is 24.3. The fourth-order valence-electron chi connectivity index (χ4n) is 6.44. The normalized spacial score (nSPS) is 26.4. The van der Waals surface area contributed by atoms with Gasteiger partial charge in [0, 0.05) is 31.8 Å². The maximum Gasteiger partial charge on any atom is 0.312 e. The molecule has 3 fully saturated rings. The third-order valence-electron chi connectivity index (χ3n) is 8.30. The van der Waals surface area contributed by atoms with Gasteiger partial charge in [-0.1, -0.05) is 12.2 Å². The van der Waals surface area contributed by atoms with Gasteiger partial charge >= 0.3 is 5.97 Å². The number of aliphatic hydroxyl groups excluding tert-OH is 1. The first-order valence-corrected chi connectivity index (χ1v) is 14.5. The molecule has 11 heteroatoms. The summed E-state index contributed by atoms with van der Waals surface area (Å²) >= 11 is 0. The summed E-state index contributed by atoms with van der Waals surface area (Å²) in [6.07, 6.45) is 4.11. The molecule has 11 nitrogen and oxygen atoms in total. The maximum absolute atomic E-state index is 14.4. The molecule has 3 aliphatic heterocycles. The largest absolute Gasteiger partial charge is 0.497 e. The smallest absolute Gasteiger partial charge is 0.312 e. The Hall–Kier alpha value is -3.70. The third kappa shape index (κ3) is 5.94. The van der Waals surface area contributed by atoms with E-state index in [-0.39, 0.29) is 50.4 Å². The van der Waals surface area contributed by atoms with Gasteiger partial charge in [-0.3, -0.25) is 19.2 Å². The van der Waals surface area contributed by atoms with Crippen LogP contribution in [-0.4, -0.2) is 90.9 Å². The van der Waals surface area contributed by atoms with E-state index in [1.54, 1.807) is 55.4 Å². The molecule has 0 saturated carbocycles. The van der Waals surface area contributed by atoms with Crippen LogP contribution in [0.2, 0.25) is 0 Å². The summed E-state index contributed by atoms with van der Waals surface area (Å²) in [6, 6.07) is 6.02. The Morgan fingerprint density at radius 1 is 1.26 bits per heavy atom. The number of esters is 1. The lowest BCUT2D eigenvalue weighted by Crippen LogP contribution is -2.56. The number of amides is 3. The Morgan fingerprint density at radius 3 is 2.64 bits per heavy atom. The lowest BCUT2D eigenvalue weighted by molar-refractivity contribution is -0.159. The molecule has 6 atom stereocenters. The average molecular weight is 584 g/mol. The van der Waals surface area contributed by atoms with Crippen LogP contribution in [-0.2, 0) is 28.7 Å². The van der Waals surface area contributed by atoms with Crippen LogP contribution in [0, 0.1) is 11.8 Å². The second kappa shape index (κ2) is 13.5. The van der Waals surface area contributed by atoms with E-state index in [0.29, 0.717) is 37.1 Å². The third-order valence-corrected chi connectivity index (χ3v) is 8.30. The van der Waals surface area contributed by atoms with Crippen molar-refractivity contribution >= 4 is 29.4 Å². The van der Waals surface area contributed by atoms with Crippen LogP contribution in [0.1, 0.15) is 39.0 Å². The minimum Gasteiger partial charge on any atom is -0.497 e. The summed E-state index contributed by atoms with van der Waals surface area (Å²) in [4.78, 5) is 56.8. The Morgan fingerprint density at radius 2 is 2.00 bits per heavy atom. The van der Waals surface area contributed by atoms with Crippen molar-refractivity contribution in [2.75, 3.05) is 38.3 Å². The van der Waals surface area contributed by atoms with Crippen molar-refractivity contribution in [2.24, 2.45) is 11.8 Å².